The highest BCUT2D eigenvalue weighted by atomic mass is 79.9. The monoisotopic (exact) mass is 366 g/mol. The highest BCUT2D eigenvalue weighted by Gasteiger charge is 2.15. The Hall–Kier alpha value is -2.66. The number of hydrogen-bond donors (Lipinski definition) is 1. The van der Waals surface area contributed by atoms with Crippen LogP contribution in [0.15, 0.2) is 69.7 Å². The van der Waals surface area contributed by atoms with E-state index in [9.17, 15) is 4.79 Å². The van der Waals surface area contributed by atoms with Crippen LogP contribution < -0.4 is 5.32 Å². The quantitative estimate of drug-likeness (QED) is 0.543. The smallest absolute Gasteiger partial charge is 0.291 e. The van der Waals surface area contributed by atoms with Gasteiger partial charge in [0.05, 0.1) is 15.7 Å². The number of halogens is 1. The van der Waals surface area contributed by atoms with Crippen molar-refractivity contribution in [1.82, 2.24) is 4.98 Å². The van der Waals surface area contributed by atoms with Crippen LogP contribution in [0.25, 0.3) is 21.9 Å². The van der Waals surface area contributed by atoms with Crippen molar-refractivity contribution in [2.75, 3.05) is 5.32 Å². The predicted octanol–water partition coefficient (Wildman–Crippen LogP) is 5.00. The second-order valence-corrected chi connectivity index (χ2v) is 5.95. The fraction of sp³-hybridized carbons (Fsp3) is 0. The Balaban J connectivity index is 1.72. The third-order valence-corrected chi connectivity index (χ3v) is 4.24. The second kappa shape index (κ2) is 5.52. The maximum absolute atomic E-state index is 12.5. The van der Waals surface area contributed by atoms with E-state index in [0.29, 0.717) is 11.3 Å². The molecular weight excluding hydrogens is 356 g/mol. The summed E-state index contributed by atoms with van der Waals surface area (Å²) in [6.07, 6.45) is 1.73. The van der Waals surface area contributed by atoms with Crippen molar-refractivity contribution >= 4 is 49.4 Å². The molecule has 112 valence electrons. The molecule has 2 aromatic heterocycles. The number of para-hydroxylation sites is 1. The van der Waals surface area contributed by atoms with Gasteiger partial charge in [-0.05, 0) is 52.3 Å². The zero-order chi connectivity index (χ0) is 15.8. The van der Waals surface area contributed by atoms with Crippen molar-refractivity contribution in [2.24, 2.45) is 0 Å². The summed E-state index contributed by atoms with van der Waals surface area (Å²) in [6.45, 7) is 0. The predicted molar refractivity (Wildman–Crippen MR) is 93.6 cm³/mol. The van der Waals surface area contributed by atoms with Gasteiger partial charge in [0.2, 0.25) is 0 Å². The molecule has 5 heteroatoms. The van der Waals surface area contributed by atoms with Crippen LogP contribution in [0.5, 0.6) is 0 Å². The molecule has 0 bridgehead atoms. The number of furan rings is 1. The number of pyridine rings is 1. The van der Waals surface area contributed by atoms with Crippen LogP contribution >= 0.6 is 15.9 Å². The molecule has 0 aliphatic carbocycles. The van der Waals surface area contributed by atoms with E-state index in [1.54, 1.807) is 12.3 Å². The molecule has 0 radical (unpaired) electrons. The molecule has 1 N–H and O–H groups in total. The van der Waals surface area contributed by atoms with Gasteiger partial charge in [0.25, 0.3) is 5.91 Å². The standard InChI is InChI=1S/C18H11BrN2O2/c19-13-6-1-4-11-10-16(23-17(11)13)18(22)21-15-8-2-7-14-12(15)5-3-9-20-14/h1-10H,(H,21,22). The van der Waals surface area contributed by atoms with Gasteiger partial charge in [0.1, 0.15) is 5.58 Å². The van der Waals surface area contributed by atoms with Gasteiger partial charge in [-0.1, -0.05) is 18.2 Å². The van der Waals surface area contributed by atoms with Gasteiger partial charge >= 0.3 is 0 Å². The Labute approximate surface area is 140 Å². The number of rotatable bonds is 2. The lowest BCUT2D eigenvalue weighted by Crippen LogP contribution is -2.11. The Kier molecular flexibility index (Phi) is 3.35. The molecule has 0 spiro atoms. The molecule has 4 rings (SSSR count). The van der Waals surface area contributed by atoms with Gasteiger partial charge in [-0.2, -0.15) is 0 Å². The number of carbonyl (C=O) groups is 1. The Morgan fingerprint density at radius 1 is 1.09 bits per heavy atom. The lowest BCUT2D eigenvalue weighted by molar-refractivity contribution is 0.0999. The van der Waals surface area contributed by atoms with Gasteiger partial charge in [-0.15, -0.1) is 0 Å². The van der Waals surface area contributed by atoms with Gasteiger partial charge in [0.15, 0.2) is 5.76 Å². The Morgan fingerprint density at radius 3 is 2.83 bits per heavy atom. The maximum atomic E-state index is 12.5. The third kappa shape index (κ3) is 2.49. The van der Waals surface area contributed by atoms with Gasteiger partial charge < -0.3 is 9.73 Å². The summed E-state index contributed by atoms with van der Waals surface area (Å²) < 4.78 is 6.49. The first-order chi connectivity index (χ1) is 11.2. The Bertz CT molecular complexity index is 1030. The number of nitrogens with one attached hydrogen (secondary N) is 1. The summed E-state index contributed by atoms with van der Waals surface area (Å²) in [5.41, 5.74) is 2.20. The summed E-state index contributed by atoms with van der Waals surface area (Å²) in [4.78, 5) is 16.8. The first-order valence-electron chi connectivity index (χ1n) is 7.05. The number of aromatic nitrogens is 1. The highest BCUT2D eigenvalue weighted by molar-refractivity contribution is 9.10. The molecule has 0 aliphatic heterocycles. The van der Waals surface area contributed by atoms with Crippen molar-refractivity contribution in [1.29, 1.82) is 0 Å². The lowest BCUT2D eigenvalue weighted by atomic mass is 10.2. The minimum absolute atomic E-state index is 0.271. The van der Waals surface area contributed by atoms with E-state index in [-0.39, 0.29) is 11.7 Å². The Morgan fingerprint density at radius 2 is 1.96 bits per heavy atom. The van der Waals surface area contributed by atoms with E-state index in [2.05, 4.69) is 26.2 Å². The molecule has 0 aliphatic rings. The largest absolute Gasteiger partial charge is 0.450 e. The molecule has 0 fully saturated rings. The fourth-order valence-electron chi connectivity index (χ4n) is 2.54. The minimum atomic E-state index is -0.288. The van der Waals surface area contributed by atoms with Gasteiger partial charge in [-0.25, -0.2) is 0 Å². The molecule has 4 aromatic rings. The number of carbonyl (C=O) groups excluding carboxylic acids is 1. The van der Waals surface area contributed by atoms with Crippen molar-refractivity contribution in [3.63, 3.8) is 0 Å². The number of anilines is 1. The molecule has 0 saturated heterocycles. The van der Waals surface area contributed by atoms with E-state index in [4.69, 9.17) is 4.42 Å². The number of amides is 1. The van der Waals surface area contributed by atoms with Crippen LogP contribution in [0, 0.1) is 0 Å². The van der Waals surface area contributed by atoms with E-state index in [1.165, 1.54) is 0 Å². The summed E-state index contributed by atoms with van der Waals surface area (Å²) in [5, 5.41) is 4.66. The van der Waals surface area contributed by atoms with Gasteiger partial charge in [-0.3, -0.25) is 9.78 Å². The summed E-state index contributed by atoms with van der Waals surface area (Å²) in [5.74, 6) is -0.0164. The zero-order valence-corrected chi connectivity index (χ0v) is 13.5. The number of hydrogen-bond acceptors (Lipinski definition) is 3. The minimum Gasteiger partial charge on any atom is -0.450 e. The fourth-order valence-corrected chi connectivity index (χ4v) is 3.00. The molecule has 0 atom stereocenters. The first kappa shape index (κ1) is 14.0. The molecule has 1 amide bonds. The summed E-state index contributed by atoms with van der Waals surface area (Å²) in [7, 11) is 0. The molecule has 0 unspecified atom stereocenters. The van der Waals surface area contributed by atoms with E-state index >= 15 is 0 Å². The summed E-state index contributed by atoms with van der Waals surface area (Å²) in [6, 6.07) is 16.8. The van der Waals surface area contributed by atoms with E-state index in [0.717, 1.165) is 20.8 Å². The molecule has 2 heterocycles. The third-order valence-electron chi connectivity index (χ3n) is 3.61. The SMILES string of the molecule is O=C(Nc1cccc2ncccc12)c1cc2cccc(Br)c2o1. The van der Waals surface area contributed by atoms with Crippen LogP contribution in [0.1, 0.15) is 10.6 Å². The molecule has 2 aromatic carbocycles. The molecular formula is C18H11BrN2O2. The second-order valence-electron chi connectivity index (χ2n) is 5.10. The zero-order valence-electron chi connectivity index (χ0n) is 11.9. The molecule has 4 nitrogen and oxygen atoms in total. The maximum Gasteiger partial charge on any atom is 0.291 e. The number of benzene rings is 2. The van der Waals surface area contributed by atoms with Crippen LogP contribution in [-0.4, -0.2) is 10.9 Å². The van der Waals surface area contributed by atoms with Crippen LogP contribution in [-0.2, 0) is 0 Å². The summed E-state index contributed by atoms with van der Waals surface area (Å²) >= 11 is 3.42. The van der Waals surface area contributed by atoms with E-state index < -0.39 is 0 Å². The normalized spacial score (nSPS) is 11.0. The van der Waals surface area contributed by atoms with Crippen LogP contribution in [0.3, 0.4) is 0 Å². The lowest BCUT2D eigenvalue weighted by Gasteiger charge is -2.06. The van der Waals surface area contributed by atoms with Crippen LogP contribution in [0.4, 0.5) is 5.69 Å². The average molecular weight is 367 g/mol. The average Bonchev–Trinajstić information content (AvgIpc) is 3.01. The topological polar surface area (TPSA) is 55.1 Å². The highest BCUT2D eigenvalue weighted by Crippen LogP contribution is 2.28. The van der Waals surface area contributed by atoms with Crippen molar-refractivity contribution in [3.05, 3.63) is 71.0 Å². The van der Waals surface area contributed by atoms with Crippen LogP contribution in [0.2, 0.25) is 0 Å². The first-order valence-corrected chi connectivity index (χ1v) is 7.85. The van der Waals surface area contributed by atoms with Crippen molar-refractivity contribution in [2.45, 2.75) is 0 Å². The van der Waals surface area contributed by atoms with Crippen molar-refractivity contribution < 1.29 is 9.21 Å². The van der Waals surface area contributed by atoms with E-state index in [1.807, 2.05) is 48.5 Å². The molecule has 23 heavy (non-hydrogen) atoms. The molecule has 0 saturated carbocycles. The van der Waals surface area contributed by atoms with Gasteiger partial charge in [0, 0.05) is 17.0 Å². The number of fused-ring (bicyclic) bond motifs is 2. The number of nitrogens with zero attached hydrogens (tertiary/aromatic N) is 1. The van der Waals surface area contributed by atoms with Crippen molar-refractivity contribution in [3.8, 4) is 0 Å².